The molecule has 1 aromatic heterocycles. The lowest BCUT2D eigenvalue weighted by Gasteiger charge is -2.28. The van der Waals surface area contributed by atoms with Gasteiger partial charge in [-0.1, -0.05) is 6.07 Å². The third kappa shape index (κ3) is 3.95. The highest BCUT2D eigenvalue weighted by atomic mass is 16.6. The fourth-order valence-electron chi connectivity index (χ4n) is 3.15. The highest BCUT2D eigenvalue weighted by molar-refractivity contribution is 5.97. The summed E-state index contributed by atoms with van der Waals surface area (Å²) in [6.07, 6.45) is 0. The minimum absolute atomic E-state index is 0.238. The number of anilines is 1. The molecule has 0 atom stereocenters. The van der Waals surface area contributed by atoms with E-state index in [2.05, 4.69) is 20.2 Å². The number of amides is 1. The quantitative estimate of drug-likeness (QED) is 0.869. The lowest BCUT2D eigenvalue weighted by atomic mass is 10.1. The Morgan fingerprint density at radius 1 is 1.15 bits per heavy atom. The Bertz CT molecular complexity index is 836. The average Bonchev–Trinajstić information content (AvgIpc) is 2.72. The van der Waals surface area contributed by atoms with Crippen LogP contribution >= 0.6 is 0 Å². The van der Waals surface area contributed by atoms with Crippen molar-refractivity contribution >= 4 is 11.7 Å². The van der Waals surface area contributed by atoms with Crippen LogP contribution < -0.4 is 19.7 Å². The van der Waals surface area contributed by atoms with Crippen molar-refractivity contribution in [3.8, 4) is 11.5 Å². The second kappa shape index (κ2) is 7.79. The van der Waals surface area contributed by atoms with Crippen LogP contribution in [0.25, 0.3) is 0 Å². The summed E-state index contributed by atoms with van der Waals surface area (Å²) in [4.78, 5) is 23.8. The van der Waals surface area contributed by atoms with Crippen LogP contribution in [0.4, 0.5) is 5.82 Å². The maximum absolute atomic E-state index is 12.6. The topological polar surface area (TPSA) is 85.8 Å². The molecule has 1 amide bonds. The lowest BCUT2D eigenvalue weighted by molar-refractivity contribution is 0.0938. The molecule has 0 unspecified atom stereocenters. The van der Waals surface area contributed by atoms with Crippen molar-refractivity contribution in [2.45, 2.75) is 13.5 Å². The van der Waals surface area contributed by atoms with E-state index in [1.54, 1.807) is 18.2 Å². The first-order valence-electron chi connectivity index (χ1n) is 9.05. The molecule has 0 radical (unpaired) electrons. The summed E-state index contributed by atoms with van der Waals surface area (Å²) < 4.78 is 16.5. The fraction of sp³-hybridized carbons (Fsp3) is 0.421. The first kappa shape index (κ1) is 17.5. The summed E-state index contributed by atoms with van der Waals surface area (Å²) in [7, 11) is 0. The zero-order valence-corrected chi connectivity index (χ0v) is 15.2. The molecule has 8 heteroatoms. The second-order valence-corrected chi connectivity index (χ2v) is 6.40. The molecule has 0 saturated carbocycles. The van der Waals surface area contributed by atoms with E-state index in [0.717, 1.165) is 24.6 Å². The van der Waals surface area contributed by atoms with Crippen LogP contribution in [-0.2, 0) is 11.3 Å². The summed E-state index contributed by atoms with van der Waals surface area (Å²) in [6, 6.07) is 7.25. The second-order valence-electron chi connectivity index (χ2n) is 6.40. The van der Waals surface area contributed by atoms with E-state index in [1.807, 2.05) is 13.0 Å². The zero-order chi connectivity index (χ0) is 18.6. The van der Waals surface area contributed by atoms with Gasteiger partial charge < -0.3 is 24.4 Å². The standard InChI is InChI=1S/C19H22N4O4/c1-13-11-17(23-5-7-25-8-6-23)22-16(21-13)12-20-19(24)14-3-2-4-15-18(14)27-10-9-26-15/h2-4,11H,5-10,12H2,1H3,(H,20,24). The Kier molecular flexibility index (Phi) is 5.06. The van der Waals surface area contributed by atoms with Crippen LogP contribution in [0.3, 0.4) is 0 Å². The molecule has 8 nitrogen and oxygen atoms in total. The molecule has 0 bridgehead atoms. The SMILES string of the molecule is Cc1cc(N2CCOCC2)nc(CNC(=O)c2cccc3c2OCCO3)n1. The van der Waals surface area contributed by atoms with Gasteiger partial charge in [-0.3, -0.25) is 4.79 Å². The molecule has 0 spiro atoms. The van der Waals surface area contributed by atoms with Gasteiger partial charge in [0.1, 0.15) is 24.9 Å². The van der Waals surface area contributed by atoms with Gasteiger partial charge in [-0.05, 0) is 19.1 Å². The number of carbonyl (C=O) groups excluding carboxylic acids is 1. The van der Waals surface area contributed by atoms with Crippen LogP contribution in [0.2, 0.25) is 0 Å². The Balaban J connectivity index is 1.47. The number of rotatable bonds is 4. The van der Waals surface area contributed by atoms with E-state index in [0.29, 0.717) is 49.3 Å². The molecule has 1 fully saturated rings. The first-order valence-corrected chi connectivity index (χ1v) is 9.05. The third-order valence-corrected chi connectivity index (χ3v) is 4.44. The summed E-state index contributed by atoms with van der Waals surface area (Å²) >= 11 is 0. The molecule has 0 aliphatic carbocycles. The number of hydrogen-bond donors (Lipinski definition) is 1. The van der Waals surface area contributed by atoms with Crippen molar-refractivity contribution in [3.05, 3.63) is 41.3 Å². The summed E-state index contributed by atoms with van der Waals surface area (Å²) in [5.41, 5.74) is 1.32. The van der Waals surface area contributed by atoms with Crippen LogP contribution in [0.5, 0.6) is 11.5 Å². The third-order valence-electron chi connectivity index (χ3n) is 4.44. The predicted molar refractivity (Wildman–Crippen MR) is 98.4 cm³/mol. The Hall–Kier alpha value is -2.87. The van der Waals surface area contributed by atoms with Crippen LogP contribution in [0, 0.1) is 6.92 Å². The number of carbonyl (C=O) groups is 1. The molecule has 1 saturated heterocycles. The fourth-order valence-corrected chi connectivity index (χ4v) is 3.15. The van der Waals surface area contributed by atoms with E-state index in [-0.39, 0.29) is 12.5 Å². The maximum atomic E-state index is 12.6. The van der Waals surface area contributed by atoms with Gasteiger partial charge in [-0.2, -0.15) is 0 Å². The maximum Gasteiger partial charge on any atom is 0.255 e. The van der Waals surface area contributed by atoms with E-state index in [9.17, 15) is 4.79 Å². The van der Waals surface area contributed by atoms with Crippen LogP contribution in [0.1, 0.15) is 21.9 Å². The molecule has 27 heavy (non-hydrogen) atoms. The smallest absolute Gasteiger partial charge is 0.255 e. The van der Waals surface area contributed by atoms with E-state index in [4.69, 9.17) is 14.2 Å². The number of nitrogens with one attached hydrogen (secondary N) is 1. The van der Waals surface area contributed by atoms with Gasteiger partial charge in [0.25, 0.3) is 5.91 Å². The van der Waals surface area contributed by atoms with Crippen LogP contribution in [0.15, 0.2) is 24.3 Å². The van der Waals surface area contributed by atoms with Crippen molar-refractivity contribution in [3.63, 3.8) is 0 Å². The van der Waals surface area contributed by atoms with Gasteiger partial charge in [0.15, 0.2) is 11.5 Å². The number of morpholine rings is 1. The molecule has 1 aromatic carbocycles. The molecule has 2 aliphatic heterocycles. The van der Waals surface area contributed by atoms with Crippen molar-refractivity contribution in [2.75, 3.05) is 44.4 Å². The number of aryl methyl sites for hydroxylation is 1. The highest BCUT2D eigenvalue weighted by Crippen LogP contribution is 2.33. The number of para-hydroxylation sites is 1. The molecule has 3 heterocycles. The van der Waals surface area contributed by atoms with Gasteiger partial charge >= 0.3 is 0 Å². The molecule has 2 aromatic rings. The Labute approximate surface area is 157 Å². The number of fused-ring (bicyclic) bond motifs is 1. The number of hydrogen-bond acceptors (Lipinski definition) is 7. The average molecular weight is 370 g/mol. The Morgan fingerprint density at radius 2 is 1.96 bits per heavy atom. The van der Waals surface area contributed by atoms with Gasteiger partial charge in [-0.25, -0.2) is 9.97 Å². The monoisotopic (exact) mass is 370 g/mol. The minimum atomic E-state index is -0.240. The summed E-state index contributed by atoms with van der Waals surface area (Å²) in [6.45, 7) is 6.07. The summed E-state index contributed by atoms with van der Waals surface area (Å²) in [5.74, 6) is 2.28. The van der Waals surface area contributed by atoms with Crippen molar-refractivity contribution in [1.29, 1.82) is 0 Å². The molecule has 2 aliphatic rings. The van der Waals surface area contributed by atoms with Crippen LogP contribution in [-0.4, -0.2) is 55.4 Å². The predicted octanol–water partition coefficient (Wildman–Crippen LogP) is 1.32. The first-order chi connectivity index (χ1) is 13.2. The van der Waals surface area contributed by atoms with Crippen molar-refractivity contribution < 1.29 is 19.0 Å². The van der Waals surface area contributed by atoms with Gasteiger partial charge in [0, 0.05) is 24.8 Å². The molecule has 4 rings (SSSR count). The number of benzene rings is 1. The summed E-state index contributed by atoms with van der Waals surface area (Å²) in [5, 5.41) is 2.88. The Morgan fingerprint density at radius 3 is 2.81 bits per heavy atom. The molecule has 1 N–H and O–H groups in total. The van der Waals surface area contributed by atoms with E-state index < -0.39 is 0 Å². The molecular weight excluding hydrogens is 348 g/mol. The minimum Gasteiger partial charge on any atom is -0.486 e. The lowest BCUT2D eigenvalue weighted by Crippen LogP contribution is -2.37. The number of nitrogens with zero attached hydrogens (tertiary/aromatic N) is 3. The van der Waals surface area contributed by atoms with Crippen molar-refractivity contribution in [2.24, 2.45) is 0 Å². The molecule has 142 valence electrons. The number of aromatic nitrogens is 2. The van der Waals surface area contributed by atoms with Crippen molar-refractivity contribution in [1.82, 2.24) is 15.3 Å². The largest absolute Gasteiger partial charge is 0.486 e. The molecular formula is C19H22N4O4. The zero-order valence-electron chi connectivity index (χ0n) is 15.2. The normalized spacial score (nSPS) is 16.1. The van der Waals surface area contributed by atoms with Gasteiger partial charge in [-0.15, -0.1) is 0 Å². The van der Waals surface area contributed by atoms with E-state index >= 15 is 0 Å². The highest BCUT2D eigenvalue weighted by Gasteiger charge is 2.20. The van der Waals surface area contributed by atoms with Gasteiger partial charge in [0.05, 0.1) is 25.3 Å². The number of ether oxygens (including phenoxy) is 3. The van der Waals surface area contributed by atoms with Gasteiger partial charge in [0.2, 0.25) is 0 Å². The van der Waals surface area contributed by atoms with E-state index in [1.165, 1.54) is 0 Å².